The van der Waals surface area contributed by atoms with E-state index in [4.69, 9.17) is 17.3 Å². The van der Waals surface area contributed by atoms with Gasteiger partial charge in [0.05, 0.1) is 4.90 Å². The van der Waals surface area contributed by atoms with Crippen LogP contribution in [0.3, 0.4) is 0 Å². The van der Waals surface area contributed by atoms with E-state index in [-0.39, 0.29) is 10.9 Å². The minimum absolute atomic E-state index is 0.0100. The molecule has 6 heteroatoms. The number of hydrogen-bond acceptors (Lipinski definition) is 3. The fourth-order valence-corrected chi connectivity index (χ4v) is 4.51. The Bertz CT molecular complexity index is 593. The number of benzene rings is 1. The summed E-state index contributed by atoms with van der Waals surface area (Å²) in [6.45, 7) is 3.90. The summed E-state index contributed by atoms with van der Waals surface area (Å²) in [4.78, 5) is 0.182. The van der Waals surface area contributed by atoms with Crippen molar-refractivity contribution in [1.29, 1.82) is 0 Å². The van der Waals surface area contributed by atoms with Gasteiger partial charge in [-0.05, 0) is 56.2 Å². The number of nitrogen functional groups attached to an aromatic ring is 1. The summed E-state index contributed by atoms with van der Waals surface area (Å²) < 4.78 is 27.7. The molecule has 0 spiro atoms. The molecule has 0 aliphatic heterocycles. The Morgan fingerprint density at radius 3 is 2.45 bits per heavy atom. The van der Waals surface area contributed by atoms with Crippen molar-refractivity contribution in [3.63, 3.8) is 0 Å². The van der Waals surface area contributed by atoms with E-state index < -0.39 is 10.0 Å². The van der Waals surface area contributed by atoms with E-state index in [1.807, 2.05) is 0 Å². The van der Waals surface area contributed by atoms with Crippen molar-refractivity contribution >= 4 is 27.3 Å². The van der Waals surface area contributed by atoms with Crippen LogP contribution in [-0.2, 0) is 10.0 Å². The molecule has 1 aromatic carbocycles. The predicted molar refractivity (Wildman–Crippen MR) is 82.3 cm³/mol. The van der Waals surface area contributed by atoms with Gasteiger partial charge < -0.3 is 5.73 Å². The second kappa shape index (κ2) is 5.92. The van der Waals surface area contributed by atoms with Crippen molar-refractivity contribution in [3.05, 3.63) is 22.7 Å². The number of nitrogens with one attached hydrogen (secondary N) is 1. The molecule has 0 amide bonds. The van der Waals surface area contributed by atoms with E-state index in [9.17, 15) is 8.42 Å². The third-order valence-corrected chi connectivity index (χ3v) is 5.86. The lowest BCUT2D eigenvalue weighted by molar-refractivity contribution is 0.332. The van der Waals surface area contributed by atoms with Crippen molar-refractivity contribution in [2.24, 2.45) is 5.92 Å². The van der Waals surface area contributed by atoms with Crippen molar-refractivity contribution < 1.29 is 8.42 Å². The van der Waals surface area contributed by atoms with E-state index >= 15 is 0 Å². The van der Waals surface area contributed by atoms with Crippen LogP contribution in [0.15, 0.2) is 17.0 Å². The van der Waals surface area contributed by atoms with Crippen molar-refractivity contribution in [1.82, 2.24) is 4.72 Å². The standard InChI is InChI=1S/C14H21ClN2O2S/c1-9-3-5-12(6-4-9)17-20(18,19)14-8-11(15)7-13(16)10(14)2/h7-9,12,17H,3-6,16H2,1-2H3. The Kier molecular flexibility index (Phi) is 4.62. The molecule has 0 heterocycles. The van der Waals surface area contributed by atoms with Crippen LogP contribution in [0.25, 0.3) is 0 Å². The molecule has 3 N–H and O–H groups in total. The highest BCUT2D eigenvalue weighted by Gasteiger charge is 2.26. The van der Waals surface area contributed by atoms with Gasteiger partial charge in [-0.3, -0.25) is 0 Å². The first-order valence-electron chi connectivity index (χ1n) is 6.87. The second-order valence-electron chi connectivity index (χ2n) is 5.70. The lowest BCUT2D eigenvalue weighted by Gasteiger charge is -2.27. The summed E-state index contributed by atoms with van der Waals surface area (Å²) in [6.07, 6.45) is 3.89. The summed E-state index contributed by atoms with van der Waals surface area (Å²) in [6, 6.07) is 3.04. The van der Waals surface area contributed by atoms with Crippen LogP contribution >= 0.6 is 11.6 Å². The summed E-state index contributed by atoms with van der Waals surface area (Å²) in [5.41, 5.74) is 6.74. The average molecular weight is 317 g/mol. The lowest BCUT2D eigenvalue weighted by atomic mass is 9.88. The highest BCUT2D eigenvalue weighted by atomic mass is 35.5. The Balaban J connectivity index is 2.23. The van der Waals surface area contributed by atoms with Gasteiger partial charge in [0.2, 0.25) is 10.0 Å². The maximum atomic E-state index is 12.5. The largest absolute Gasteiger partial charge is 0.398 e. The molecule has 0 atom stereocenters. The van der Waals surface area contributed by atoms with Crippen LogP contribution < -0.4 is 10.5 Å². The van der Waals surface area contributed by atoms with Gasteiger partial charge in [-0.15, -0.1) is 0 Å². The Morgan fingerprint density at radius 2 is 1.85 bits per heavy atom. The van der Waals surface area contributed by atoms with Gasteiger partial charge >= 0.3 is 0 Å². The summed E-state index contributed by atoms with van der Waals surface area (Å²) in [7, 11) is -3.57. The number of rotatable bonds is 3. The number of halogens is 1. The zero-order valence-electron chi connectivity index (χ0n) is 11.8. The summed E-state index contributed by atoms with van der Waals surface area (Å²) in [5.74, 6) is 0.680. The lowest BCUT2D eigenvalue weighted by Crippen LogP contribution is -2.37. The average Bonchev–Trinajstić information content (AvgIpc) is 2.36. The Morgan fingerprint density at radius 1 is 1.25 bits per heavy atom. The van der Waals surface area contributed by atoms with Crippen molar-refractivity contribution in [3.8, 4) is 0 Å². The van der Waals surface area contributed by atoms with Crippen LogP contribution in [-0.4, -0.2) is 14.5 Å². The quantitative estimate of drug-likeness (QED) is 0.842. The minimum atomic E-state index is -3.57. The first-order valence-corrected chi connectivity index (χ1v) is 8.73. The first kappa shape index (κ1) is 15.6. The molecule has 2 rings (SSSR count). The summed E-state index contributed by atoms with van der Waals surface area (Å²) in [5, 5.41) is 0.339. The predicted octanol–water partition coefficient (Wildman–Crippen LogP) is 3.09. The Hall–Kier alpha value is -0.780. The molecule has 1 saturated carbocycles. The fourth-order valence-electron chi connectivity index (χ4n) is 2.61. The van der Waals surface area contributed by atoms with Crippen LogP contribution in [0, 0.1) is 12.8 Å². The summed E-state index contributed by atoms with van der Waals surface area (Å²) >= 11 is 5.92. The molecule has 0 saturated heterocycles. The van der Waals surface area contributed by atoms with Crippen LogP contribution in [0.5, 0.6) is 0 Å². The Labute approximate surface area is 125 Å². The van der Waals surface area contributed by atoms with Gasteiger partial charge in [0.1, 0.15) is 0 Å². The highest BCUT2D eigenvalue weighted by Crippen LogP contribution is 2.28. The maximum Gasteiger partial charge on any atom is 0.241 e. The third kappa shape index (κ3) is 3.45. The van der Waals surface area contributed by atoms with Crippen molar-refractivity contribution in [2.45, 2.75) is 50.5 Å². The third-order valence-electron chi connectivity index (χ3n) is 3.99. The molecular weight excluding hydrogens is 296 g/mol. The zero-order valence-corrected chi connectivity index (χ0v) is 13.4. The van der Waals surface area contributed by atoms with E-state index in [1.54, 1.807) is 13.0 Å². The smallest absolute Gasteiger partial charge is 0.241 e. The number of sulfonamides is 1. The fraction of sp³-hybridized carbons (Fsp3) is 0.571. The van der Waals surface area contributed by atoms with Crippen molar-refractivity contribution in [2.75, 3.05) is 5.73 Å². The van der Waals surface area contributed by atoms with Gasteiger partial charge in [-0.25, -0.2) is 13.1 Å². The molecule has 0 unspecified atom stereocenters. The number of anilines is 1. The first-order chi connectivity index (χ1) is 9.29. The van der Waals surface area contributed by atoms with Crippen LogP contribution in [0.2, 0.25) is 5.02 Å². The molecule has 1 aliphatic rings. The molecule has 4 nitrogen and oxygen atoms in total. The highest BCUT2D eigenvalue weighted by molar-refractivity contribution is 7.89. The van der Waals surface area contributed by atoms with E-state index in [0.717, 1.165) is 25.7 Å². The second-order valence-corrected chi connectivity index (χ2v) is 7.82. The topological polar surface area (TPSA) is 72.2 Å². The molecule has 0 bridgehead atoms. The SMILES string of the molecule is Cc1c(N)cc(Cl)cc1S(=O)(=O)NC1CCC(C)CC1. The number of nitrogens with two attached hydrogens (primary N) is 1. The monoisotopic (exact) mass is 316 g/mol. The molecule has 1 aliphatic carbocycles. The zero-order chi connectivity index (χ0) is 14.9. The van der Waals surface area contributed by atoms with Crippen LogP contribution in [0.1, 0.15) is 38.2 Å². The minimum Gasteiger partial charge on any atom is -0.398 e. The van der Waals surface area contributed by atoms with Gasteiger partial charge in [0.25, 0.3) is 0 Å². The van der Waals surface area contributed by atoms with Crippen LogP contribution in [0.4, 0.5) is 5.69 Å². The molecule has 0 radical (unpaired) electrons. The molecule has 112 valence electrons. The molecule has 20 heavy (non-hydrogen) atoms. The van der Waals surface area contributed by atoms with E-state index in [2.05, 4.69) is 11.6 Å². The van der Waals surface area contributed by atoms with E-state index in [0.29, 0.717) is 22.2 Å². The van der Waals surface area contributed by atoms with Gasteiger partial charge in [-0.1, -0.05) is 18.5 Å². The molecule has 1 fully saturated rings. The number of hydrogen-bond donors (Lipinski definition) is 2. The maximum absolute atomic E-state index is 12.5. The van der Waals surface area contributed by atoms with Gasteiger partial charge in [-0.2, -0.15) is 0 Å². The molecular formula is C14H21ClN2O2S. The van der Waals surface area contributed by atoms with Gasteiger partial charge in [0, 0.05) is 16.8 Å². The normalized spacial score (nSPS) is 23.8. The van der Waals surface area contributed by atoms with E-state index in [1.165, 1.54) is 6.07 Å². The molecule has 0 aromatic heterocycles. The van der Waals surface area contributed by atoms with Gasteiger partial charge in [0.15, 0.2) is 0 Å². The molecule has 1 aromatic rings.